The zero-order chi connectivity index (χ0) is 20.4. The van der Waals surface area contributed by atoms with Crippen molar-refractivity contribution in [2.75, 3.05) is 5.32 Å². The second-order valence-corrected chi connectivity index (χ2v) is 6.82. The van der Waals surface area contributed by atoms with Crippen LogP contribution in [0.5, 0.6) is 0 Å². The Morgan fingerprint density at radius 3 is 2.64 bits per heavy atom. The molecule has 7 nitrogen and oxygen atoms in total. The number of carboxylic acids is 1. The molecule has 8 heteroatoms. The van der Waals surface area contributed by atoms with Crippen LogP contribution in [0.4, 0.5) is 14.9 Å². The SMILES string of the molecule is Cc1c(C(NC(=O)Nc2cncc(C(=O)O)c2)C(C)C)oc2ccc(F)cc12. The number of aromatic nitrogens is 1. The van der Waals surface area contributed by atoms with Gasteiger partial charge in [-0.05, 0) is 37.1 Å². The number of hydrogen-bond acceptors (Lipinski definition) is 4. The molecule has 0 saturated carbocycles. The summed E-state index contributed by atoms with van der Waals surface area (Å²) in [5.41, 5.74) is 1.51. The van der Waals surface area contributed by atoms with E-state index in [1.807, 2.05) is 20.8 Å². The summed E-state index contributed by atoms with van der Waals surface area (Å²) in [6, 6.07) is 4.59. The standard InChI is InChI=1S/C20H20FN3O4/c1-10(2)17(18-11(3)15-7-13(21)4-5-16(15)28-18)24-20(27)23-14-6-12(19(25)26)8-22-9-14/h4-10,17H,1-3H3,(H,25,26)(H2,23,24,27). The van der Waals surface area contributed by atoms with Crippen molar-refractivity contribution in [3.05, 3.63) is 59.4 Å². The molecule has 2 aromatic heterocycles. The highest BCUT2D eigenvalue weighted by Crippen LogP contribution is 2.33. The summed E-state index contributed by atoms with van der Waals surface area (Å²) >= 11 is 0. The average Bonchev–Trinajstić information content (AvgIpc) is 2.95. The van der Waals surface area contributed by atoms with Gasteiger partial charge in [0.25, 0.3) is 0 Å². The van der Waals surface area contributed by atoms with Crippen molar-refractivity contribution < 1.29 is 23.5 Å². The normalized spacial score (nSPS) is 12.2. The quantitative estimate of drug-likeness (QED) is 0.600. The topological polar surface area (TPSA) is 104 Å². The molecule has 1 unspecified atom stereocenters. The van der Waals surface area contributed by atoms with Gasteiger partial charge in [0.05, 0.1) is 23.5 Å². The van der Waals surface area contributed by atoms with Gasteiger partial charge in [-0.25, -0.2) is 14.0 Å². The van der Waals surface area contributed by atoms with Crippen molar-refractivity contribution in [1.29, 1.82) is 0 Å². The number of aryl methyl sites for hydroxylation is 1. The van der Waals surface area contributed by atoms with Crippen LogP contribution in [0.25, 0.3) is 11.0 Å². The molecule has 28 heavy (non-hydrogen) atoms. The molecule has 0 radical (unpaired) electrons. The van der Waals surface area contributed by atoms with Crippen molar-refractivity contribution in [2.24, 2.45) is 5.92 Å². The molecule has 0 aliphatic carbocycles. The third-order valence-electron chi connectivity index (χ3n) is 4.41. The number of halogens is 1. The van der Waals surface area contributed by atoms with Crippen LogP contribution in [0.1, 0.15) is 41.6 Å². The van der Waals surface area contributed by atoms with E-state index in [0.717, 1.165) is 5.56 Å². The number of fused-ring (bicyclic) bond motifs is 1. The summed E-state index contributed by atoms with van der Waals surface area (Å²) in [5, 5.41) is 15.1. The third-order valence-corrected chi connectivity index (χ3v) is 4.41. The molecule has 0 saturated heterocycles. The smallest absolute Gasteiger partial charge is 0.337 e. The minimum atomic E-state index is -1.14. The molecule has 3 rings (SSSR count). The lowest BCUT2D eigenvalue weighted by atomic mass is 9.98. The number of aromatic carboxylic acids is 1. The Kier molecular flexibility index (Phi) is 5.30. The number of rotatable bonds is 5. The predicted molar refractivity (Wildman–Crippen MR) is 102 cm³/mol. The first kappa shape index (κ1) is 19.3. The van der Waals surface area contributed by atoms with E-state index in [4.69, 9.17) is 9.52 Å². The Hall–Kier alpha value is -3.42. The predicted octanol–water partition coefficient (Wildman–Crippen LogP) is 4.49. The summed E-state index contributed by atoms with van der Waals surface area (Å²) in [4.78, 5) is 27.3. The lowest BCUT2D eigenvalue weighted by Gasteiger charge is -2.21. The Labute approximate surface area is 160 Å². The van der Waals surface area contributed by atoms with Crippen molar-refractivity contribution >= 4 is 28.7 Å². The van der Waals surface area contributed by atoms with E-state index in [1.54, 1.807) is 6.07 Å². The maximum Gasteiger partial charge on any atom is 0.337 e. The second kappa shape index (κ2) is 7.67. The number of carboxylic acid groups (broad SMARTS) is 1. The number of urea groups is 1. The summed E-state index contributed by atoms with van der Waals surface area (Å²) in [6.45, 7) is 5.66. The van der Waals surface area contributed by atoms with Gasteiger partial charge in [-0.15, -0.1) is 0 Å². The first-order valence-corrected chi connectivity index (χ1v) is 8.70. The molecule has 0 aliphatic rings. The number of carbonyl (C=O) groups excluding carboxylic acids is 1. The van der Waals surface area contributed by atoms with Crippen molar-refractivity contribution in [1.82, 2.24) is 10.3 Å². The molecule has 0 spiro atoms. The summed E-state index contributed by atoms with van der Waals surface area (Å²) in [7, 11) is 0. The Bertz CT molecular complexity index is 1050. The highest BCUT2D eigenvalue weighted by atomic mass is 19.1. The van der Waals surface area contributed by atoms with E-state index in [2.05, 4.69) is 15.6 Å². The molecule has 0 bridgehead atoms. The van der Waals surface area contributed by atoms with Gasteiger partial charge in [0.2, 0.25) is 0 Å². The molecule has 0 aliphatic heterocycles. The summed E-state index contributed by atoms with van der Waals surface area (Å²) < 4.78 is 19.4. The van der Waals surface area contributed by atoms with E-state index >= 15 is 0 Å². The average molecular weight is 385 g/mol. The number of pyridine rings is 1. The molecule has 3 N–H and O–H groups in total. The lowest BCUT2D eigenvalue weighted by molar-refractivity contribution is 0.0696. The number of nitrogens with one attached hydrogen (secondary N) is 2. The zero-order valence-corrected chi connectivity index (χ0v) is 15.6. The highest BCUT2D eigenvalue weighted by Gasteiger charge is 2.25. The molecule has 1 atom stereocenters. The van der Waals surface area contributed by atoms with Gasteiger partial charge in [0.1, 0.15) is 17.2 Å². The molecule has 2 heterocycles. The fourth-order valence-electron chi connectivity index (χ4n) is 2.98. The van der Waals surface area contributed by atoms with Gasteiger partial charge in [0, 0.05) is 17.1 Å². The first-order chi connectivity index (χ1) is 13.3. The number of hydrogen-bond donors (Lipinski definition) is 3. The summed E-state index contributed by atoms with van der Waals surface area (Å²) in [5.74, 6) is -0.969. The number of carbonyl (C=O) groups is 2. The number of benzene rings is 1. The zero-order valence-electron chi connectivity index (χ0n) is 15.6. The van der Waals surface area contributed by atoms with E-state index in [9.17, 15) is 14.0 Å². The van der Waals surface area contributed by atoms with Crippen LogP contribution in [-0.4, -0.2) is 22.1 Å². The minimum Gasteiger partial charge on any atom is -0.478 e. The van der Waals surface area contributed by atoms with Crippen LogP contribution in [0.15, 0.2) is 41.1 Å². The Morgan fingerprint density at radius 1 is 1.21 bits per heavy atom. The van der Waals surface area contributed by atoms with E-state index in [0.29, 0.717) is 16.7 Å². The fourth-order valence-corrected chi connectivity index (χ4v) is 2.98. The fraction of sp³-hybridized carbons (Fsp3) is 0.250. The first-order valence-electron chi connectivity index (χ1n) is 8.70. The van der Waals surface area contributed by atoms with Crippen molar-refractivity contribution in [3.63, 3.8) is 0 Å². The van der Waals surface area contributed by atoms with E-state index < -0.39 is 18.0 Å². The maximum absolute atomic E-state index is 13.6. The van der Waals surface area contributed by atoms with Crippen LogP contribution in [0.2, 0.25) is 0 Å². The molecule has 3 aromatic rings. The number of amides is 2. The largest absolute Gasteiger partial charge is 0.478 e. The van der Waals surface area contributed by atoms with E-state index in [1.165, 1.54) is 30.6 Å². The van der Waals surface area contributed by atoms with Gasteiger partial charge in [-0.2, -0.15) is 0 Å². The van der Waals surface area contributed by atoms with Crippen LogP contribution in [-0.2, 0) is 0 Å². The van der Waals surface area contributed by atoms with Gasteiger partial charge in [-0.3, -0.25) is 4.98 Å². The van der Waals surface area contributed by atoms with E-state index in [-0.39, 0.29) is 23.0 Å². The molecule has 1 aromatic carbocycles. The van der Waals surface area contributed by atoms with Gasteiger partial charge < -0.3 is 20.2 Å². The van der Waals surface area contributed by atoms with Gasteiger partial charge in [-0.1, -0.05) is 13.8 Å². The Morgan fingerprint density at radius 2 is 1.96 bits per heavy atom. The monoisotopic (exact) mass is 385 g/mol. The lowest BCUT2D eigenvalue weighted by Crippen LogP contribution is -2.35. The van der Waals surface area contributed by atoms with Crippen LogP contribution in [0, 0.1) is 18.7 Å². The summed E-state index contributed by atoms with van der Waals surface area (Å²) in [6.07, 6.45) is 2.55. The van der Waals surface area contributed by atoms with Crippen LogP contribution >= 0.6 is 0 Å². The number of anilines is 1. The van der Waals surface area contributed by atoms with Crippen LogP contribution < -0.4 is 10.6 Å². The number of nitrogens with zero attached hydrogens (tertiary/aromatic N) is 1. The molecule has 146 valence electrons. The minimum absolute atomic E-state index is 0.0154. The number of furan rings is 1. The van der Waals surface area contributed by atoms with Crippen molar-refractivity contribution in [3.8, 4) is 0 Å². The van der Waals surface area contributed by atoms with Crippen LogP contribution in [0.3, 0.4) is 0 Å². The molecule has 0 fully saturated rings. The third kappa shape index (κ3) is 3.95. The second-order valence-electron chi connectivity index (χ2n) is 6.82. The Balaban J connectivity index is 1.84. The van der Waals surface area contributed by atoms with Gasteiger partial charge in [0.15, 0.2) is 0 Å². The highest BCUT2D eigenvalue weighted by molar-refractivity contribution is 5.93. The van der Waals surface area contributed by atoms with Gasteiger partial charge >= 0.3 is 12.0 Å². The molecular formula is C20H20FN3O4. The maximum atomic E-state index is 13.6. The molecule has 2 amide bonds. The van der Waals surface area contributed by atoms with Crippen molar-refractivity contribution in [2.45, 2.75) is 26.8 Å². The molecular weight excluding hydrogens is 365 g/mol.